The van der Waals surface area contributed by atoms with Crippen molar-refractivity contribution >= 4 is 12.0 Å². The van der Waals surface area contributed by atoms with Gasteiger partial charge in [0.1, 0.15) is 0 Å². The standard InChI is InChI=1S/C25H30N4O2/c30-24-18-28(12-10-26-24)16-21-8-9-23-22-13-20(15-29(23)25(21)31)14-27(17-22)11-4-7-19-5-2-1-3-6-19/h1-9,20,22H,10-18H2,(H,26,30)/b7-4+/t20-,22+/m0/s1. The van der Waals surface area contributed by atoms with Gasteiger partial charge in [0.15, 0.2) is 0 Å². The van der Waals surface area contributed by atoms with Crippen LogP contribution in [0.2, 0.25) is 0 Å². The smallest absolute Gasteiger partial charge is 0.255 e. The van der Waals surface area contributed by atoms with Crippen molar-refractivity contribution in [2.24, 2.45) is 5.92 Å². The van der Waals surface area contributed by atoms with Gasteiger partial charge in [0.05, 0.1) is 6.54 Å². The quantitative estimate of drug-likeness (QED) is 0.806. The highest BCUT2D eigenvalue weighted by Crippen LogP contribution is 2.35. The van der Waals surface area contributed by atoms with Crippen molar-refractivity contribution in [1.82, 2.24) is 19.7 Å². The second-order valence-corrected chi connectivity index (χ2v) is 9.09. The van der Waals surface area contributed by atoms with E-state index in [1.807, 2.05) is 16.7 Å². The van der Waals surface area contributed by atoms with Gasteiger partial charge in [0.2, 0.25) is 5.91 Å². The fourth-order valence-corrected chi connectivity index (χ4v) is 5.33. The SMILES string of the molecule is O=C1CN(Cc2ccc3n(c2=O)C[C@H]2C[C@@H]3CN(C/C=C/c3ccccc3)C2)CCN1. The second-order valence-electron chi connectivity index (χ2n) is 9.09. The number of hydrogen-bond donors (Lipinski definition) is 1. The van der Waals surface area contributed by atoms with Crippen LogP contribution in [0.15, 0.2) is 53.3 Å². The summed E-state index contributed by atoms with van der Waals surface area (Å²) in [4.78, 5) is 29.5. The van der Waals surface area contributed by atoms with Gasteiger partial charge in [-0.15, -0.1) is 0 Å². The molecule has 1 N–H and O–H groups in total. The minimum absolute atomic E-state index is 0.0419. The largest absolute Gasteiger partial charge is 0.354 e. The summed E-state index contributed by atoms with van der Waals surface area (Å²) < 4.78 is 2.02. The molecule has 6 heteroatoms. The maximum atomic E-state index is 13.2. The van der Waals surface area contributed by atoms with Crippen LogP contribution in [0.25, 0.3) is 6.08 Å². The van der Waals surface area contributed by atoms with E-state index in [-0.39, 0.29) is 11.5 Å². The first-order valence-corrected chi connectivity index (χ1v) is 11.3. The van der Waals surface area contributed by atoms with Crippen LogP contribution in [-0.2, 0) is 17.9 Å². The van der Waals surface area contributed by atoms with Gasteiger partial charge in [-0.3, -0.25) is 19.4 Å². The molecule has 1 aromatic carbocycles. The number of carbonyl (C=O) groups excluding carboxylic acids is 1. The molecule has 162 valence electrons. The first-order valence-electron chi connectivity index (χ1n) is 11.3. The molecule has 0 radical (unpaired) electrons. The summed E-state index contributed by atoms with van der Waals surface area (Å²) >= 11 is 0. The zero-order valence-corrected chi connectivity index (χ0v) is 17.9. The van der Waals surface area contributed by atoms with E-state index in [1.165, 1.54) is 17.7 Å². The van der Waals surface area contributed by atoms with Gasteiger partial charge in [-0.1, -0.05) is 48.6 Å². The Morgan fingerprint density at radius 2 is 1.87 bits per heavy atom. The molecule has 2 atom stereocenters. The molecule has 0 spiro atoms. The average molecular weight is 419 g/mol. The van der Waals surface area contributed by atoms with E-state index in [0.29, 0.717) is 31.5 Å². The third-order valence-electron chi connectivity index (χ3n) is 6.74. The number of carbonyl (C=O) groups is 1. The highest BCUT2D eigenvalue weighted by atomic mass is 16.2. The summed E-state index contributed by atoms with van der Waals surface area (Å²) in [5, 5.41) is 2.84. The van der Waals surface area contributed by atoms with E-state index < -0.39 is 0 Å². The van der Waals surface area contributed by atoms with Gasteiger partial charge < -0.3 is 9.88 Å². The first kappa shape index (κ1) is 20.2. The topological polar surface area (TPSA) is 57.6 Å². The van der Waals surface area contributed by atoms with Gasteiger partial charge in [-0.25, -0.2) is 0 Å². The van der Waals surface area contributed by atoms with Crippen molar-refractivity contribution in [3.63, 3.8) is 0 Å². The third kappa shape index (κ3) is 4.50. The summed E-state index contributed by atoms with van der Waals surface area (Å²) in [7, 11) is 0. The number of hydrogen-bond acceptors (Lipinski definition) is 4. The number of benzene rings is 1. The summed E-state index contributed by atoms with van der Waals surface area (Å²) in [6.07, 6.45) is 5.61. The van der Waals surface area contributed by atoms with Crippen LogP contribution in [-0.4, -0.2) is 59.5 Å². The third-order valence-corrected chi connectivity index (χ3v) is 6.74. The fraction of sp³-hybridized carbons (Fsp3) is 0.440. The van der Waals surface area contributed by atoms with Crippen LogP contribution in [0, 0.1) is 5.92 Å². The van der Waals surface area contributed by atoms with Gasteiger partial charge in [-0.05, 0) is 24.0 Å². The molecule has 1 aromatic heterocycles. The molecule has 6 nitrogen and oxygen atoms in total. The molecule has 5 rings (SSSR count). The predicted molar refractivity (Wildman–Crippen MR) is 122 cm³/mol. The molecular weight excluding hydrogens is 388 g/mol. The number of piperazine rings is 1. The van der Waals surface area contributed by atoms with Gasteiger partial charge >= 0.3 is 0 Å². The Kier molecular flexibility index (Phi) is 5.74. The minimum Gasteiger partial charge on any atom is -0.354 e. The number of likely N-dealkylation sites (tertiary alicyclic amines) is 1. The number of aromatic nitrogens is 1. The van der Waals surface area contributed by atoms with Gasteiger partial charge in [0, 0.05) is 63.0 Å². The van der Waals surface area contributed by atoms with E-state index in [9.17, 15) is 9.59 Å². The van der Waals surface area contributed by atoms with Crippen molar-refractivity contribution < 1.29 is 4.79 Å². The van der Waals surface area contributed by atoms with Crippen molar-refractivity contribution in [2.45, 2.75) is 25.4 Å². The van der Waals surface area contributed by atoms with Crippen LogP contribution in [0.4, 0.5) is 0 Å². The summed E-state index contributed by atoms with van der Waals surface area (Å²) in [5.74, 6) is 0.977. The molecular formula is C25H30N4O2. The zero-order valence-electron chi connectivity index (χ0n) is 17.9. The van der Waals surface area contributed by atoms with E-state index in [2.05, 4.69) is 57.6 Å². The molecule has 2 aromatic rings. The van der Waals surface area contributed by atoms with E-state index in [4.69, 9.17) is 0 Å². The molecule has 1 amide bonds. The monoisotopic (exact) mass is 418 g/mol. The molecule has 2 fully saturated rings. The normalized spacial score (nSPS) is 24.2. The van der Waals surface area contributed by atoms with Crippen LogP contribution < -0.4 is 10.9 Å². The van der Waals surface area contributed by atoms with Crippen LogP contribution >= 0.6 is 0 Å². The first-order chi connectivity index (χ1) is 15.2. The summed E-state index contributed by atoms with van der Waals surface area (Å²) in [6.45, 7) is 6.17. The molecule has 3 aliphatic rings. The fourth-order valence-electron chi connectivity index (χ4n) is 5.33. The van der Waals surface area contributed by atoms with Crippen LogP contribution in [0.3, 0.4) is 0 Å². The van der Waals surface area contributed by atoms with Crippen LogP contribution in [0.5, 0.6) is 0 Å². The Morgan fingerprint density at radius 1 is 1.00 bits per heavy atom. The molecule has 2 bridgehead atoms. The van der Waals surface area contributed by atoms with Crippen LogP contribution in [0.1, 0.15) is 29.2 Å². The Bertz CT molecular complexity index is 1030. The molecule has 3 aliphatic heterocycles. The van der Waals surface area contributed by atoms with Crippen molar-refractivity contribution in [3.05, 3.63) is 75.7 Å². The van der Waals surface area contributed by atoms with E-state index in [1.54, 1.807) is 0 Å². The van der Waals surface area contributed by atoms with Gasteiger partial charge in [-0.2, -0.15) is 0 Å². The lowest BCUT2D eigenvalue weighted by Crippen LogP contribution is -2.49. The Labute approximate surface area is 183 Å². The van der Waals surface area contributed by atoms with Crippen molar-refractivity contribution in [2.75, 3.05) is 39.3 Å². The number of piperidine rings is 1. The minimum atomic E-state index is 0.0419. The average Bonchev–Trinajstić information content (AvgIpc) is 2.77. The number of pyridine rings is 1. The lowest BCUT2D eigenvalue weighted by molar-refractivity contribution is -0.124. The predicted octanol–water partition coefficient (Wildman–Crippen LogP) is 1.91. The molecule has 4 heterocycles. The highest BCUT2D eigenvalue weighted by Gasteiger charge is 2.34. The molecule has 0 unspecified atom stereocenters. The summed E-state index contributed by atoms with van der Waals surface area (Å²) in [5.41, 5.74) is 3.35. The molecule has 2 saturated heterocycles. The van der Waals surface area contributed by atoms with Crippen molar-refractivity contribution in [3.8, 4) is 0 Å². The lowest BCUT2D eigenvalue weighted by atomic mass is 9.83. The zero-order chi connectivity index (χ0) is 21.2. The molecule has 0 saturated carbocycles. The number of fused-ring (bicyclic) bond motifs is 4. The maximum absolute atomic E-state index is 13.2. The number of amides is 1. The Morgan fingerprint density at radius 3 is 2.71 bits per heavy atom. The maximum Gasteiger partial charge on any atom is 0.255 e. The lowest BCUT2D eigenvalue weighted by Gasteiger charge is -2.42. The Balaban J connectivity index is 1.27. The number of rotatable bonds is 5. The molecule has 0 aliphatic carbocycles. The van der Waals surface area contributed by atoms with Crippen molar-refractivity contribution in [1.29, 1.82) is 0 Å². The van der Waals surface area contributed by atoms with Gasteiger partial charge in [0.25, 0.3) is 5.56 Å². The van der Waals surface area contributed by atoms with E-state index in [0.717, 1.165) is 38.3 Å². The van der Waals surface area contributed by atoms with E-state index >= 15 is 0 Å². The second kappa shape index (κ2) is 8.81. The Hall–Kier alpha value is -2.70. The summed E-state index contributed by atoms with van der Waals surface area (Å²) in [6, 6.07) is 14.6. The number of nitrogens with zero attached hydrogens (tertiary/aromatic N) is 3. The number of nitrogens with one attached hydrogen (secondary N) is 1. The highest BCUT2D eigenvalue weighted by molar-refractivity contribution is 5.78. The molecule has 31 heavy (non-hydrogen) atoms.